The summed E-state index contributed by atoms with van der Waals surface area (Å²) in [6.07, 6.45) is 6.47. The molecule has 1 amide bonds. The van der Waals surface area contributed by atoms with E-state index in [0.717, 1.165) is 5.56 Å². The molecule has 3 aromatic rings. The third-order valence-corrected chi connectivity index (χ3v) is 6.56. The van der Waals surface area contributed by atoms with E-state index in [9.17, 15) is 14.4 Å². The number of hydrogen-bond donors (Lipinski definition) is 1. The zero-order valence-corrected chi connectivity index (χ0v) is 19.8. The second kappa shape index (κ2) is 12.1. The maximum atomic E-state index is 12.9. The van der Waals surface area contributed by atoms with Crippen LogP contribution in [0.1, 0.15) is 69.9 Å². The molecule has 0 saturated heterocycles. The van der Waals surface area contributed by atoms with Gasteiger partial charge in [-0.3, -0.25) is 9.59 Å². The summed E-state index contributed by atoms with van der Waals surface area (Å²) in [4.78, 5) is 38.3. The predicted molar refractivity (Wildman–Crippen MR) is 135 cm³/mol. The highest BCUT2D eigenvalue weighted by molar-refractivity contribution is 5.99. The van der Waals surface area contributed by atoms with Crippen molar-refractivity contribution >= 4 is 17.7 Å². The van der Waals surface area contributed by atoms with E-state index >= 15 is 0 Å². The monoisotopic (exact) mass is 469 g/mol. The van der Waals surface area contributed by atoms with Gasteiger partial charge in [0.2, 0.25) is 0 Å². The molecule has 0 unspecified atom stereocenters. The van der Waals surface area contributed by atoms with E-state index in [4.69, 9.17) is 4.74 Å². The zero-order chi connectivity index (χ0) is 24.5. The van der Waals surface area contributed by atoms with Gasteiger partial charge in [0.15, 0.2) is 12.4 Å². The van der Waals surface area contributed by atoms with Crippen molar-refractivity contribution in [2.45, 2.75) is 50.5 Å². The second-order valence-corrected chi connectivity index (χ2v) is 9.07. The van der Waals surface area contributed by atoms with Crippen LogP contribution in [0, 0.1) is 0 Å². The van der Waals surface area contributed by atoms with Gasteiger partial charge in [0.25, 0.3) is 5.91 Å². The molecule has 4 rings (SSSR count). The van der Waals surface area contributed by atoms with Crippen LogP contribution in [-0.4, -0.2) is 30.3 Å². The molecule has 0 bridgehead atoms. The summed E-state index contributed by atoms with van der Waals surface area (Å²) >= 11 is 0. The van der Waals surface area contributed by atoms with Crippen LogP contribution in [0.4, 0.5) is 0 Å². The lowest BCUT2D eigenvalue weighted by Gasteiger charge is -2.22. The van der Waals surface area contributed by atoms with Gasteiger partial charge in [-0.1, -0.05) is 92.1 Å². The van der Waals surface area contributed by atoms with Crippen molar-refractivity contribution < 1.29 is 19.1 Å². The van der Waals surface area contributed by atoms with Crippen LogP contribution in [0.2, 0.25) is 0 Å². The van der Waals surface area contributed by atoms with Gasteiger partial charge in [-0.25, -0.2) is 4.79 Å². The SMILES string of the molecule is O=C(COC(=O)[C@@H](Cc1ccccc1)NC(=O)c1ccccc1)c1ccc(C2CCCCC2)cc1. The molecule has 0 aromatic heterocycles. The molecular weight excluding hydrogens is 438 g/mol. The molecule has 5 heteroatoms. The van der Waals surface area contributed by atoms with E-state index in [1.54, 1.807) is 24.3 Å². The van der Waals surface area contributed by atoms with Gasteiger partial charge in [-0.2, -0.15) is 0 Å². The van der Waals surface area contributed by atoms with E-state index in [1.165, 1.54) is 37.7 Å². The van der Waals surface area contributed by atoms with Crippen molar-refractivity contribution in [1.29, 1.82) is 0 Å². The number of benzene rings is 3. The highest BCUT2D eigenvalue weighted by Crippen LogP contribution is 2.32. The highest BCUT2D eigenvalue weighted by Gasteiger charge is 2.24. The van der Waals surface area contributed by atoms with Crippen molar-refractivity contribution in [3.05, 3.63) is 107 Å². The molecule has 5 nitrogen and oxygen atoms in total. The first-order valence-electron chi connectivity index (χ1n) is 12.3. The Morgan fingerprint density at radius 3 is 2.06 bits per heavy atom. The topological polar surface area (TPSA) is 72.5 Å². The minimum absolute atomic E-state index is 0.263. The Morgan fingerprint density at radius 1 is 0.771 bits per heavy atom. The standard InChI is InChI=1S/C30H31NO4/c32-28(25-18-16-24(17-19-25)23-12-6-2-7-13-23)21-35-30(34)27(20-22-10-4-1-5-11-22)31-29(33)26-14-8-3-9-15-26/h1,3-5,8-11,14-19,23,27H,2,6-7,12-13,20-21H2,(H,31,33)/t27-/m1/s1. The molecule has 0 spiro atoms. The van der Waals surface area contributed by atoms with E-state index in [2.05, 4.69) is 5.32 Å². The molecule has 1 aliphatic carbocycles. The fourth-order valence-electron chi connectivity index (χ4n) is 4.57. The van der Waals surface area contributed by atoms with E-state index in [-0.39, 0.29) is 24.7 Å². The number of Topliss-reactive ketones (excluding diaryl/α,β-unsaturated/α-hetero) is 1. The van der Waals surface area contributed by atoms with Crippen LogP contribution in [0.25, 0.3) is 0 Å². The molecule has 0 aliphatic heterocycles. The Labute approximate surface area is 206 Å². The first kappa shape index (κ1) is 24.4. The van der Waals surface area contributed by atoms with Crippen LogP contribution < -0.4 is 5.32 Å². The van der Waals surface area contributed by atoms with Crippen molar-refractivity contribution in [2.24, 2.45) is 0 Å². The Kier molecular flexibility index (Phi) is 8.44. The lowest BCUT2D eigenvalue weighted by Crippen LogP contribution is -2.43. The maximum Gasteiger partial charge on any atom is 0.329 e. The summed E-state index contributed by atoms with van der Waals surface area (Å²) in [5.74, 6) is -0.697. The maximum absolute atomic E-state index is 12.9. The molecular formula is C30H31NO4. The number of amides is 1. The van der Waals surface area contributed by atoms with Crippen LogP contribution in [0.5, 0.6) is 0 Å². The van der Waals surface area contributed by atoms with Gasteiger partial charge in [-0.05, 0) is 42.0 Å². The normalized spacial score (nSPS) is 14.6. The quantitative estimate of drug-likeness (QED) is 0.332. The first-order chi connectivity index (χ1) is 17.1. The van der Waals surface area contributed by atoms with Gasteiger partial charge >= 0.3 is 5.97 Å². The summed E-state index contributed by atoms with van der Waals surface area (Å²) < 4.78 is 5.37. The number of esters is 1. The van der Waals surface area contributed by atoms with Gasteiger partial charge in [0.1, 0.15) is 6.04 Å². The number of ether oxygens (including phenoxy) is 1. The zero-order valence-electron chi connectivity index (χ0n) is 19.8. The number of nitrogens with one attached hydrogen (secondary N) is 1. The van der Waals surface area contributed by atoms with Gasteiger partial charge in [0.05, 0.1) is 0 Å². The molecule has 1 fully saturated rings. The minimum atomic E-state index is -0.911. The largest absolute Gasteiger partial charge is 0.456 e. The lowest BCUT2D eigenvalue weighted by molar-refractivity contribution is -0.144. The Morgan fingerprint density at radius 2 is 1.40 bits per heavy atom. The van der Waals surface area contributed by atoms with Crippen LogP contribution >= 0.6 is 0 Å². The minimum Gasteiger partial charge on any atom is -0.456 e. The Bertz CT molecular complexity index is 1120. The molecule has 0 heterocycles. The number of rotatable bonds is 9. The molecule has 1 aliphatic rings. The average molecular weight is 470 g/mol. The molecule has 180 valence electrons. The third kappa shape index (κ3) is 6.89. The smallest absolute Gasteiger partial charge is 0.329 e. The van der Waals surface area contributed by atoms with Gasteiger partial charge < -0.3 is 10.1 Å². The van der Waals surface area contributed by atoms with Crippen LogP contribution in [0.3, 0.4) is 0 Å². The summed E-state index contributed by atoms with van der Waals surface area (Å²) in [6, 6.07) is 24.9. The average Bonchev–Trinajstić information content (AvgIpc) is 2.92. The summed E-state index contributed by atoms with van der Waals surface area (Å²) in [7, 11) is 0. The van der Waals surface area contributed by atoms with Crippen molar-refractivity contribution in [3.63, 3.8) is 0 Å². The highest BCUT2D eigenvalue weighted by atomic mass is 16.5. The molecule has 35 heavy (non-hydrogen) atoms. The van der Waals surface area contributed by atoms with E-state index in [0.29, 0.717) is 17.0 Å². The second-order valence-electron chi connectivity index (χ2n) is 9.07. The molecule has 1 saturated carbocycles. The first-order valence-corrected chi connectivity index (χ1v) is 12.3. The number of carbonyl (C=O) groups excluding carboxylic acids is 3. The Hall–Kier alpha value is -3.73. The molecule has 0 radical (unpaired) electrons. The fourth-order valence-corrected chi connectivity index (χ4v) is 4.57. The van der Waals surface area contributed by atoms with E-state index in [1.807, 2.05) is 60.7 Å². The Balaban J connectivity index is 1.38. The predicted octanol–water partition coefficient (Wildman–Crippen LogP) is 5.50. The van der Waals surface area contributed by atoms with Crippen molar-refractivity contribution in [1.82, 2.24) is 5.32 Å². The fraction of sp³-hybridized carbons (Fsp3) is 0.300. The lowest BCUT2D eigenvalue weighted by atomic mass is 9.84. The number of hydrogen-bond acceptors (Lipinski definition) is 4. The summed E-state index contributed by atoms with van der Waals surface area (Å²) in [5, 5.41) is 2.76. The van der Waals surface area contributed by atoms with Crippen molar-refractivity contribution in [3.8, 4) is 0 Å². The molecule has 1 N–H and O–H groups in total. The summed E-state index contributed by atoms with van der Waals surface area (Å²) in [6.45, 7) is -0.367. The number of carbonyl (C=O) groups is 3. The van der Waals surface area contributed by atoms with E-state index < -0.39 is 12.0 Å². The number of ketones is 1. The third-order valence-electron chi connectivity index (χ3n) is 6.56. The molecule has 1 atom stereocenters. The van der Waals surface area contributed by atoms with Crippen molar-refractivity contribution in [2.75, 3.05) is 6.61 Å². The van der Waals surface area contributed by atoms with Gasteiger partial charge in [0, 0.05) is 17.5 Å². The van der Waals surface area contributed by atoms with Crippen LogP contribution in [0.15, 0.2) is 84.9 Å². The van der Waals surface area contributed by atoms with Gasteiger partial charge in [-0.15, -0.1) is 0 Å². The molecule has 3 aromatic carbocycles. The summed E-state index contributed by atoms with van der Waals surface area (Å²) in [5.41, 5.74) is 3.12. The van der Waals surface area contributed by atoms with Crippen LogP contribution in [-0.2, 0) is 16.0 Å².